The number of ether oxygens (including phenoxy) is 1. The molecule has 0 aliphatic heterocycles. The average molecular weight is 160 g/mol. The zero-order valence-electron chi connectivity index (χ0n) is 6.36. The normalized spacial score (nSPS) is 37.2. The fraction of sp³-hybridized carbons (Fsp3) is 0.857. The summed E-state index contributed by atoms with van der Waals surface area (Å²) in [5, 5.41) is 18.1. The minimum Gasteiger partial charge on any atom is -0.469 e. The molecule has 0 amide bonds. The van der Waals surface area contributed by atoms with Crippen molar-refractivity contribution in [3.8, 4) is 0 Å². The summed E-state index contributed by atoms with van der Waals surface area (Å²) in [4.78, 5) is 10.9. The summed E-state index contributed by atoms with van der Waals surface area (Å²) in [6, 6.07) is 0. The van der Waals surface area contributed by atoms with Gasteiger partial charge in [0.2, 0.25) is 0 Å². The number of carbonyl (C=O) groups excluding carboxylic acids is 1. The first-order chi connectivity index (χ1) is 5.15. The number of hydrogen-bond acceptors (Lipinski definition) is 4. The fourth-order valence-corrected chi connectivity index (χ4v) is 1.35. The molecule has 0 bridgehead atoms. The molecule has 0 aromatic heterocycles. The number of rotatable bonds is 1. The van der Waals surface area contributed by atoms with E-state index in [0.29, 0.717) is 12.8 Å². The molecule has 64 valence electrons. The van der Waals surface area contributed by atoms with Gasteiger partial charge in [-0.3, -0.25) is 4.79 Å². The van der Waals surface area contributed by atoms with Crippen molar-refractivity contribution in [2.24, 2.45) is 5.92 Å². The molecule has 0 heterocycles. The lowest BCUT2D eigenvalue weighted by Crippen LogP contribution is -2.17. The molecule has 1 rings (SSSR count). The molecular weight excluding hydrogens is 148 g/mol. The Balaban J connectivity index is 2.46. The number of hydrogen-bond donors (Lipinski definition) is 2. The first-order valence-electron chi connectivity index (χ1n) is 3.59. The Kier molecular flexibility index (Phi) is 2.46. The van der Waals surface area contributed by atoms with Gasteiger partial charge in [-0.1, -0.05) is 0 Å². The lowest BCUT2D eigenvalue weighted by atomic mass is 10.1. The Hall–Kier alpha value is -0.610. The molecule has 0 saturated heterocycles. The van der Waals surface area contributed by atoms with E-state index in [9.17, 15) is 4.79 Å². The second kappa shape index (κ2) is 3.19. The molecule has 3 atom stereocenters. The van der Waals surface area contributed by atoms with Gasteiger partial charge in [-0.15, -0.1) is 0 Å². The van der Waals surface area contributed by atoms with E-state index in [1.165, 1.54) is 7.11 Å². The number of aliphatic hydroxyl groups excluding tert-OH is 2. The smallest absolute Gasteiger partial charge is 0.308 e. The molecule has 1 aliphatic rings. The number of carbonyl (C=O) groups is 1. The highest BCUT2D eigenvalue weighted by molar-refractivity contribution is 5.72. The van der Waals surface area contributed by atoms with Gasteiger partial charge in [0.25, 0.3) is 0 Å². The van der Waals surface area contributed by atoms with Crippen molar-refractivity contribution < 1.29 is 19.7 Å². The first-order valence-corrected chi connectivity index (χ1v) is 3.59. The molecule has 4 heteroatoms. The molecule has 0 aromatic carbocycles. The average Bonchev–Trinajstić information content (AvgIpc) is 2.31. The van der Waals surface area contributed by atoms with Crippen LogP contribution in [0, 0.1) is 5.92 Å². The van der Waals surface area contributed by atoms with Crippen molar-refractivity contribution in [1.82, 2.24) is 0 Å². The summed E-state index contributed by atoms with van der Waals surface area (Å²) in [5.74, 6) is -0.675. The topological polar surface area (TPSA) is 66.8 Å². The third-order valence-electron chi connectivity index (χ3n) is 2.03. The van der Waals surface area contributed by atoms with Crippen LogP contribution in [0.25, 0.3) is 0 Å². The molecule has 0 aromatic rings. The van der Waals surface area contributed by atoms with Crippen LogP contribution in [0.15, 0.2) is 0 Å². The van der Waals surface area contributed by atoms with Crippen LogP contribution in [0.1, 0.15) is 12.8 Å². The molecule has 4 nitrogen and oxygen atoms in total. The van der Waals surface area contributed by atoms with Crippen molar-refractivity contribution in [3.05, 3.63) is 0 Å². The molecule has 1 aliphatic carbocycles. The third kappa shape index (κ3) is 1.70. The Bertz CT molecular complexity index is 147. The monoisotopic (exact) mass is 160 g/mol. The molecule has 2 N–H and O–H groups in total. The van der Waals surface area contributed by atoms with E-state index in [1.54, 1.807) is 0 Å². The maximum Gasteiger partial charge on any atom is 0.308 e. The van der Waals surface area contributed by atoms with Crippen LogP contribution in [0.4, 0.5) is 0 Å². The van der Waals surface area contributed by atoms with E-state index < -0.39 is 12.2 Å². The summed E-state index contributed by atoms with van der Waals surface area (Å²) in [6.07, 6.45) is -0.903. The van der Waals surface area contributed by atoms with Crippen LogP contribution >= 0.6 is 0 Å². The molecule has 1 fully saturated rings. The van der Waals surface area contributed by atoms with Crippen molar-refractivity contribution in [3.63, 3.8) is 0 Å². The van der Waals surface area contributed by atoms with E-state index in [4.69, 9.17) is 10.2 Å². The third-order valence-corrected chi connectivity index (χ3v) is 2.03. The highest BCUT2D eigenvalue weighted by atomic mass is 16.5. The van der Waals surface area contributed by atoms with Gasteiger partial charge in [-0.2, -0.15) is 0 Å². The highest BCUT2D eigenvalue weighted by Gasteiger charge is 2.36. The first kappa shape index (κ1) is 8.49. The molecule has 0 spiro atoms. The van der Waals surface area contributed by atoms with Gasteiger partial charge in [0.05, 0.1) is 25.2 Å². The Morgan fingerprint density at radius 1 is 1.36 bits per heavy atom. The van der Waals surface area contributed by atoms with E-state index in [-0.39, 0.29) is 11.9 Å². The van der Waals surface area contributed by atoms with Crippen LogP contribution in [0.5, 0.6) is 0 Å². The second-order valence-corrected chi connectivity index (χ2v) is 2.83. The lowest BCUT2D eigenvalue weighted by molar-refractivity contribution is -0.145. The number of methoxy groups -OCH3 is 1. The Morgan fingerprint density at radius 2 is 1.82 bits per heavy atom. The van der Waals surface area contributed by atoms with Gasteiger partial charge in [0.15, 0.2) is 0 Å². The zero-order valence-corrected chi connectivity index (χ0v) is 6.36. The largest absolute Gasteiger partial charge is 0.469 e. The fourth-order valence-electron chi connectivity index (χ4n) is 1.35. The minimum absolute atomic E-state index is 0.313. The predicted molar refractivity (Wildman–Crippen MR) is 36.8 cm³/mol. The van der Waals surface area contributed by atoms with Crippen LogP contribution in [-0.2, 0) is 9.53 Å². The van der Waals surface area contributed by atoms with E-state index in [2.05, 4.69) is 4.74 Å². The van der Waals surface area contributed by atoms with Crippen molar-refractivity contribution >= 4 is 5.97 Å². The van der Waals surface area contributed by atoms with Crippen LogP contribution < -0.4 is 0 Å². The predicted octanol–water partition coefficient (Wildman–Crippen LogP) is -0.709. The second-order valence-electron chi connectivity index (χ2n) is 2.83. The summed E-state index contributed by atoms with van der Waals surface area (Å²) in [6.45, 7) is 0. The quantitative estimate of drug-likeness (QED) is 0.497. The van der Waals surface area contributed by atoms with Crippen LogP contribution in [0.3, 0.4) is 0 Å². The maximum atomic E-state index is 10.9. The van der Waals surface area contributed by atoms with Gasteiger partial charge in [0.1, 0.15) is 0 Å². The van der Waals surface area contributed by atoms with E-state index in [1.807, 2.05) is 0 Å². The molecule has 0 radical (unpaired) electrons. The maximum absolute atomic E-state index is 10.9. The van der Waals surface area contributed by atoms with Gasteiger partial charge >= 0.3 is 5.97 Å². The van der Waals surface area contributed by atoms with Crippen LogP contribution in [0.2, 0.25) is 0 Å². The van der Waals surface area contributed by atoms with Crippen molar-refractivity contribution in [2.75, 3.05) is 7.11 Å². The van der Waals surface area contributed by atoms with Gasteiger partial charge in [0, 0.05) is 0 Å². The van der Waals surface area contributed by atoms with E-state index in [0.717, 1.165) is 0 Å². The van der Waals surface area contributed by atoms with E-state index >= 15 is 0 Å². The summed E-state index contributed by atoms with van der Waals surface area (Å²) in [5.41, 5.74) is 0. The minimum atomic E-state index is -0.765. The summed E-state index contributed by atoms with van der Waals surface area (Å²) in [7, 11) is 1.30. The van der Waals surface area contributed by atoms with Gasteiger partial charge in [-0.25, -0.2) is 0 Å². The number of esters is 1. The summed E-state index contributed by atoms with van der Waals surface area (Å²) >= 11 is 0. The SMILES string of the molecule is COC(=O)[C@H]1C[C@@H](O)[C@@H](O)C1. The van der Waals surface area contributed by atoms with Crippen LogP contribution in [-0.4, -0.2) is 35.5 Å². The summed E-state index contributed by atoms with van der Waals surface area (Å²) < 4.78 is 4.47. The molecule has 1 saturated carbocycles. The molecule has 0 unspecified atom stereocenters. The Morgan fingerprint density at radius 3 is 2.18 bits per heavy atom. The lowest BCUT2D eigenvalue weighted by Gasteiger charge is -2.04. The standard InChI is InChI=1S/C7H12O4/c1-11-7(10)4-2-5(8)6(9)3-4/h4-6,8-9H,2-3H2,1H3/t4-,5+,6-. The Labute approximate surface area is 64.8 Å². The molecular formula is C7H12O4. The number of aliphatic hydroxyl groups is 2. The van der Waals surface area contributed by atoms with Gasteiger partial charge < -0.3 is 14.9 Å². The zero-order chi connectivity index (χ0) is 8.43. The van der Waals surface area contributed by atoms with Crippen molar-refractivity contribution in [2.45, 2.75) is 25.0 Å². The molecule has 11 heavy (non-hydrogen) atoms. The highest BCUT2D eigenvalue weighted by Crippen LogP contribution is 2.26. The van der Waals surface area contributed by atoms with Gasteiger partial charge in [-0.05, 0) is 12.8 Å². The van der Waals surface area contributed by atoms with Crippen molar-refractivity contribution in [1.29, 1.82) is 0 Å².